The van der Waals surface area contributed by atoms with Gasteiger partial charge in [-0.05, 0) is 42.3 Å². The SMILES string of the molecule is CCOc1ccc(OCC(=O)NCc2ccc(COC)cc2)cc1. The molecule has 0 aliphatic rings. The molecule has 5 heteroatoms. The fourth-order valence-electron chi connectivity index (χ4n) is 2.12. The van der Waals surface area contributed by atoms with Gasteiger partial charge in [0, 0.05) is 13.7 Å². The van der Waals surface area contributed by atoms with Crippen LogP contribution >= 0.6 is 0 Å². The molecule has 2 aromatic rings. The molecule has 0 aliphatic carbocycles. The number of benzene rings is 2. The molecule has 0 saturated heterocycles. The van der Waals surface area contributed by atoms with Gasteiger partial charge in [0.1, 0.15) is 11.5 Å². The maximum absolute atomic E-state index is 11.8. The average molecular weight is 329 g/mol. The van der Waals surface area contributed by atoms with Crippen molar-refractivity contribution in [3.8, 4) is 11.5 Å². The van der Waals surface area contributed by atoms with Crippen LogP contribution in [0.5, 0.6) is 11.5 Å². The molecule has 1 N–H and O–H groups in total. The zero-order chi connectivity index (χ0) is 17.2. The van der Waals surface area contributed by atoms with Gasteiger partial charge < -0.3 is 19.5 Å². The topological polar surface area (TPSA) is 56.8 Å². The summed E-state index contributed by atoms with van der Waals surface area (Å²) in [5.74, 6) is 1.26. The molecule has 0 atom stereocenters. The fraction of sp³-hybridized carbons (Fsp3) is 0.316. The van der Waals surface area contributed by atoms with Gasteiger partial charge in [-0.25, -0.2) is 0 Å². The quantitative estimate of drug-likeness (QED) is 0.768. The smallest absolute Gasteiger partial charge is 0.258 e. The van der Waals surface area contributed by atoms with Crippen LogP contribution in [0.2, 0.25) is 0 Å². The second-order valence-corrected chi connectivity index (χ2v) is 5.22. The van der Waals surface area contributed by atoms with E-state index in [4.69, 9.17) is 14.2 Å². The van der Waals surface area contributed by atoms with E-state index in [-0.39, 0.29) is 12.5 Å². The average Bonchev–Trinajstić information content (AvgIpc) is 2.61. The number of nitrogens with one attached hydrogen (secondary N) is 1. The molecule has 0 saturated carbocycles. The van der Waals surface area contributed by atoms with Gasteiger partial charge in [0.05, 0.1) is 13.2 Å². The van der Waals surface area contributed by atoms with E-state index in [1.54, 1.807) is 19.2 Å². The fourth-order valence-corrected chi connectivity index (χ4v) is 2.12. The van der Waals surface area contributed by atoms with Crippen LogP contribution in [0.3, 0.4) is 0 Å². The summed E-state index contributed by atoms with van der Waals surface area (Å²) >= 11 is 0. The third-order valence-electron chi connectivity index (χ3n) is 3.33. The second kappa shape index (κ2) is 9.57. The molecule has 5 nitrogen and oxygen atoms in total. The molecule has 0 bridgehead atoms. The molecule has 0 aliphatic heterocycles. The largest absolute Gasteiger partial charge is 0.494 e. The molecule has 0 heterocycles. The summed E-state index contributed by atoms with van der Waals surface area (Å²) in [4.78, 5) is 11.8. The lowest BCUT2D eigenvalue weighted by Crippen LogP contribution is -2.28. The molecule has 24 heavy (non-hydrogen) atoms. The molecule has 2 rings (SSSR count). The van der Waals surface area contributed by atoms with E-state index in [9.17, 15) is 4.79 Å². The molecular formula is C19H23NO4. The van der Waals surface area contributed by atoms with Crippen LogP contribution in [0.4, 0.5) is 0 Å². The normalized spacial score (nSPS) is 10.2. The lowest BCUT2D eigenvalue weighted by Gasteiger charge is -2.09. The highest BCUT2D eigenvalue weighted by atomic mass is 16.5. The third kappa shape index (κ3) is 5.93. The summed E-state index contributed by atoms with van der Waals surface area (Å²) in [6.45, 7) is 3.59. The Labute approximate surface area is 142 Å². The van der Waals surface area contributed by atoms with E-state index in [2.05, 4.69) is 5.32 Å². The van der Waals surface area contributed by atoms with Gasteiger partial charge in [0.15, 0.2) is 6.61 Å². The van der Waals surface area contributed by atoms with Crippen molar-refractivity contribution in [3.63, 3.8) is 0 Å². The van der Waals surface area contributed by atoms with Crippen molar-refractivity contribution in [1.82, 2.24) is 5.32 Å². The highest BCUT2D eigenvalue weighted by Gasteiger charge is 2.03. The van der Waals surface area contributed by atoms with Gasteiger partial charge >= 0.3 is 0 Å². The predicted molar refractivity (Wildman–Crippen MR) is 92.1 cm³/mol. The van der Waals surface area contributed by atoms with Gasteiger partial charge in [-0.3, -0.25) is 4.79 Å². The van der Waals surface area contributed by atoms with Gasteiger partial charge in [0.2, 0.25) is 0 Å². The molecule has 0 spiro atoms. The predicted octanol–water partition coefficient (Wildman–Crippen LogP) is 2.93. The van der Waals surface area contributed by atoms with E-state index < -0.39 is 0 Å². The van der Waals surface area contributed by atoms with E-state index in [0.29, 0.717) is 25.5 Å². The monoisotopic (exact) mass is 329 g/mol. The number of methoxy groups -OCH3 is 1. The molecule has 0 unspecified atom stereocenters. The van der Waals surface area contributed by atoms with Gasteiger partial charge in [-0.1, -0.05) is 24.3 Å². The van der Waals surface area contributed by atoms with E-state index in [1.165, 1.54) is 0 Å². The highest BCUT2D eigenvalue weighted by molar-refractivity contribution is 5.77. The van der Waals surface area contributed by atoms with Crippen LogP contribution in [0.15, 0.2) is 48.5 Å². The minimum atomic E-state index is -0.162. The van der Waals surface area contributed by atoms with Crippen LogP contribution in [0.1, 0.15) is 18.1 Å². The van der Waals surface area contributed by atoms with Crippen LogP contribution < -0.4 is 14.8 Å². The van der Waals surface area contributed by atoms with E-state index in [1.807, 2.05) is 43.3 Å². The Kier molecular flexibility index (Phi) is 7.11. The van der Waals surface area contributed by atoms with Crippen molar-refractivity contribution in [2.75, 3.05) is 20.3 Å². The standard InChI is InChI=1S/C19H23NO4/c1-3-23-17-8-10-18(11-9-17)24-14-19(21)20-12-15-4-6-16(7-5-15)13-22-2/h4-11H,3,12-14H2,1-2H3,(H,20,21). The Morgan fingerprint density at radius 1 is 0.917 bits per heavy atom. The Morgan fingerprint density at radius 2 is 1.50 bits per heavy atom. The van der Waals surface area contributed by atoms with E-state index in [0.717, 1.165) is 16.9 Å². The van der Waals surface area contributed by atoms with Crippen molar-refractivity contribution in [2.45, 2.75) is 20.1 Å². The maximum atomic E-state index is 11.8. The number of carbonyl (C=O) groups excluding carboxylic acids is 1. The molecule has 1 amide bonds. The van der Waals surface area contributed by atoms with Crippen molar-refractivity contribution in [1.29, 1.82) is 0 Å². The summed E-state index contributed by atoms with van der Waals surface area (Å²) in [5.41, 5.74) is 2.13. The Bertz CT molecular complexity index is 567. The van der Waals surface area contributed by atoms with Crippen molar-refractivity contribution >= 4 is 5.91 Å². The molecule has 0 fully saturated rings. The Balaban J connectivity index is 1.72. The van der Waals surface area contributed by atoms with Crippen molar-refractivity contribution in [3.05, 3.63) is 59.7 Å². The minimum Gasteiger partial charge on any atom is -0.494 e. The molecular weight excluding hydrogens is 306 g/mol. The first-order valence-electron chi connectivity index (χ1n) is 7.90. The minimum absolute atomic E-state index is 0.0181. The number of rotatable bonds is 9. The van der Waals surface area contributed by atoms with Crippen molar-refractivity contribution < 1.29 is 19.0 Å². The summed E-state index contributed by atoms with van der Waals surface area (Å²) in [6.07, 6.45) is 0. The summed E-state index contributed by atoms with van der Waals surface area (Å²) < 4.78 is 15.9. The van der Waals surface area contributed by atoms with Crippen LogP contribution in [0.25, 0.3) is 0 Å². The highest BCUT2D eigenvalue weighted by Crippen LogP contribution is 2.17. The number of ether oxygens (including phenoxy) is 3. The number of amides is 1. The first-order chi connectivity index (χ1) is 11.7. The zero-order valence-electron chi connectivity index (χ0n) is 14.1. The molecule has 0 aromatic heterocycles. The number of hydrogen-bond acceptors (Lipinski definition) is 4. The molecule has 0 radical (unpaired) electrons. The van der Waals surface area contributed by atoms with Gasteiger partial charge in [-0.15, -0.1) is 0 Å². The lowest BCUT2D eigenvalue weighted by atomic mass is 10.1. The second-order valence-electron chi connectivity index (χ2n) is 5.22. The Hall–Kier alpha value is -2.53. The third-order valence-corrected chi connectivity index (χ3v) is 3.33. The van der Waals surface area contributed by atoms with Gasteiger partial charge in [-0.2, -0.15) is 0 Å². The van der Waals surface area contributed by atoms with Gasteiger partial charge in [0.25, 0.3) is 5.91 Å². The van der Waals surface area contributed by atoms with Crippen LogP contribution in [-0.4, -0.2) is 26.2 Å². The summed E-state index contributed by atoms with van der Waals surface area (Å²) in [5, 5.41) is 2.83. The molecule has 128 valence electrons. The summed E-state index contributed by atoms with van der Waals surface area (Å²) in [7, 11) is 1.67. The van der Waals surface area contributed by atoms with Crippen molar-refractivity contribution in [2.24, 2.45) is 0 Å². The maximum Gasteiger partial charge on any atom is 0.258 e. The zero-order valence-corrected chi connectivity index (χ0v) is 14.1. The first kappa shape index (κ1) is 17.8. The first-order valence-corrected chi connectivity index (χ1v) is 7.90. The number of carbonyl (C=O) groups is 1. The number of hydrogen-bond donors (Lipinski definition) is 1. The van der Waals surface area contributed by atoms with Crippen LogP contribution in [0, 0.1) is 0 Å². The van der Waals surface area contributed by atoms with Crippen LogP contribution in [-0.2, 0) is 22.7 Å². The lowest BCUT2D eigenvalue weighted by molar-refractivity contribution is -0.123. The summed E-state index contributed by atoms with van der Waals surface area (Å²) in [6, 6.07) is 15.1. The molecule has 2 aromatic carbocycles. The Morgan fingerprint density at radius 3 is 2.08 bits per heavy atom. The van der Waals surface area contributed by atoms with E-state index >= 15 is 0 Å².